The summed E-state index contributed by atoms with van der Waals surface area (Å²) < 4.78 is 12.1. The number of aryl methyl sites for hydroxylation is 1. The van der Waals surface area contributed by atoms with Crippen molar-refractivity contribution in [2.75, 3.05) is 19.7 Å². The molecule has 1 saturated heterocycles. The van der Waals surface area contributed by atoms with Crippen LogP contribution in [0.5, 0.6) is 0 Å². The fourth-order valence-corrected chi connectivity index (χ4v) is 2.96. The van der Waals surface area contributed by atoms with Crippen LogP contribution in [-0.4, -0.2) is 52.6 Å². The standard InChI is InChI=1S/C19H28N2O5/c1-6-25-17(23)15-8-7-13(2)21(15)12-16(22)14-9-10-20(11-14)18(24)26-19(3,4)5/h7-8,14H,6,9-12H2,1-5H3. The summed E-state index contributed by atoms with van der Waals surface area (Å²) in [6, 6.07) is 3.46. The van der Waals surface area contributed by atoms with E-state index in [1.807, 2.05) is 27.7 Å². The quantitative estimate of drug-likeness (QED) is 0.751. The van der Waals surface area contributed by atoms with Crippen molar-refractivity contribution in [3.8, 4) is 0 Å². The van der Waals surface area contributed by atoms with Crippen molar-refractivity contribution >= 4 is 17.8 Å². The molecule has 1 aliphatic rings. The van der Waals surface area contributed by atoms with Crippen LogP contribution in [0.25, 0.3) is 0 Å². The van der Waals surface area contributed by atoms with Crippen molar-refractivity contribution in [2.45, 2.75) is 53.2 Å². The molecular weight excluding hydrogens is 336 g/mol. The van der Waals surface area contributed by atoms with Crippen molar-refractivity contribution in [1.82, 2.24) is 9.47 Å². The van der Waals surface area contributed by atoms with Gasteiger partial charge in [0, 0.05) is 24.7 Å². The van der Waals surface area contributed by atoms with Gasteiger partial charge in [-0.1, -0.05) is 0 Å². The lowest BCUT2D eigenvalue weighted by Crippen LogP contribution is -2.36. The van der Waals surface area contributed by atoms with Crippen molar-refractivity contribution in [3.05, 3.63) is 23.5 Å². The summed E-state index contributed by atoms with van der Waals surface area (Å²) in [5.74, 6) is -0.685. The van der Waals surface area contributed by atoms with Crippen LogP contribution >= 0.6 is 0 Å². The number of Topliss-reactive ketones (excluding diaryl/α,β-unsaturated/α-hetero) is 1. The van der Waals surface area contributed by atoms with Crippen LogP contribution in [0.1, 0.15) is 50.3 Å². The number of hydrogen-bond donors (Lipinski definition) is 0. The number of carbonyl (C=O) groups excluding carboxylic acids is 3. The molecule has 1 aromatic heterocycles. The first-order valence-corrected chi connectivity index (χ1v) is 8.96. The van der Waals surface area contributed by atoms with Crippen LogP contribution in [0.15, 0.2) is 12.1 Å². The molecule has 0 radical (unpaired) electrons. The number of ketones is 1. The van der Waals surface area contributed by atoms with Crippen LogP contribution in [0.3, 0.4) is 0 Å². The minimum absolute atomic E-state index is 0.000840. The number of esters is 1. The minimum Gasteiger partial charge on any atom is -0.461 e. The molecule has 0 bridgehead atoms. The lowest BCUT2D eigenvalue weighted by molar-refractivity contribution is -0.123. The summed E-state index contributed by atoms with van der Waals surface area (Å²) in [7, 11) is 0. The highest BCUT2D eigenvalue weighted by atomic mass is 16.6. The molecule has 144 valence electrons. The van der Waals surface area contributed by atoms with Gasteiger partial charge in [0.1, 0.15) is 11.3 Å². The molecule has 0 aliphatic carbocycles. The Balaban J connectivity index is 2.01. The summed E-state index contributed by atoms with van der Waals surface area (Å²) in [4.78, 5) is 38.4. The fraction of sp³-hybridized carbons (Fsp3) is 0.632. The van der Waals surface area contributed by atoms with E-state index in [2.05, 4.69) is 0 Å². The number of amides is 1. The van der Waals surface area contributed by atoms with Gasteiger partial charge in [-0.2, -0.15) is 0 Å². The Labute approximate surface area is 154 Å². The number of aromatic nitrogens is 1. The van der Waals surface area contributed by atoms with Crippen molar-refractivity contribution in [2.24, 2.45) is 5.92 Å². The van der Waals surface area contributed by atoms with Gasteiger partial charge in [0.25, 0.3) is 0 Å². The van der Waals surface area contributed by atoms with E-state index in [4.69, 9.17) is 9.47 Å². The third-order valence-electron chi connectivity index (χ3n) is 4.29. The maximum atomic E-state index is 12.7. The van der Waals surface area contributed by atoms with E-state index in [9.17, 15) is 14.4 Å². The molecule has 0 saturated carbocycles. The molecule has 7 nitrogen and oxygen atoms in total. The van der Waals surface area contributed by atoms with Gasteiger partial charge < -0.3 is 18.9 Å². The highest BCUT2D eigenvalue weighted by Gasteiger charge is 2.33. The number of rotatable bonds is 5. The third-order valence-corrected chi connectivity index (χ3v) is 4.29. The largest absolute Gasteiger partial charge is 0.461 e. The Bertz CT molecular complexity index is 687. The van der Waals surface area contributed by atoms with Crippen molar-refractivity contribution in [3.63, 3.8) is 0 Å². The van der Waals surface area contributed by atoms with Gasteiger partial charge in [-0.15, -0.1) is 0 Å². The molecule has 0 spiro atoms. The molecule has 1 amide bonds. The second kappa shape index (κ2) is 7.93. The zero-order chi connectivity index (χ0) is 19.5. The number of carbonyl (C=O) groups is 3. The van der Waals surface area contributed by atoms with Gasteiger partial charge in [-0.3, -0.25) is 4.79 Å². The topological polar surface area (TPSA) is 77.8 Å². The van der Waals surface area contributed by atoms with Gasteiger partial charge in [0.05, 0.1) is 13.2 Å². The SMILES string of the molecule is CCOC(=O)c1ccc(C)n1CC(=O)C1CCN(C(=O)OC(C)(C)C)C1. The molecule has 1 aromatic rings. The molecule has 2 heterocycles. The molecule has 7 heteroatoms. The van der Waals surface area contributed by atoms with Crippen LogP contribution in [0, 0.1) is 12.8 Å². The molecule has 1 atom stereocenters. The predicted molar refractivity (Wildman–Crippen MR) is 96.0 cm³/mol. The second-order valence-electron chi connectivity index (χ2n) is 7.54. The normalized spacial score (nSPS) is 17.3. The number of nitrogens with zero attached hydrogens (tertiary/aromatic N) is 2. The Morgan fingerprint density at radius 2 is 1.92 bits per heavy atom. The Morgan fingerprint density at radius 1 is 1.23 bits per heavy atom. The number of likely N-dealkylation sites (tertiary alicyclic amines) is 1. The monoisotopic (exact) mass is 364 g/mol. The molecule has 2 rings (SSSR count). The Kier molecular flexibility index (Phi) is 6.10. The van der Waals surface area contributed by atoms with Gasteiger partial charge in [0.2, 0.25) is 0 Å². The summed E-state index contributed by atoms with van der Waals surface area (Å²) >= 11 is 0. The fourth-order valence-electron chi connectivity index (χ4n) is 2.96. The van der Waals surface area contributed by atoms with Crippen molar-refractivity contribution < 1.29 is 23.9 Å². The minimum atomic E-state index is -0.560. The molecule has 1 unspecified atom stereocenters. The van der Waals surface area contributed by atoms with E-state index in [-0.39, 0.29) is 24.9 Å². The zero-order valence-corrected chi connectivity index (χ0v) is 16.2. The van der Waals surface area contributed by atoms with Gasteiger partial charge in [0.15, 0.2) is 5.78 Å². The highest BCUT2D eigenvalue weighted by molar-refractivity contribution is 5.89. The lowest BCUT2D eigenvalue weighted by atomic mass is 10.0. The molecular formula is C19H28N2O5. The molecule has 0 aromatic carbocycles. The Hall–Kier alpha value is -2.31. The molecule has 1 aliphatic heterocycles. The molecule has 1 fully saturated rings. The average Bonchev–Trinajstić information content (AvgIpc) is 3.14. The van der Waals surface area contributed by atoms with E-state index in [1.165, 1.54) is 0 Å². The first-order valence-electron chi connectivity index (χ1n) is 8.96. The predicted octanol–water partition coefficient (Wildman–Crippen LogP) is 2.80. The van der Waals surface area contributed by atoms with E-state index in [1.54, 1.807) is 28.5 Å². The van der Waals surface area contributed by atoms with E-state index >= 15 is 0 Å². The van der Waals surface area contributed by atoms with Crippen LogP contribution < -0.4 is 0 Å². The summed E-state index contributed by atoms with van der Waals surface area (Å²) in [6.07, 6.45) is 0.213. The van der Waals surface area contributed by atoms with E-state index < -0.39 is 17.7 Å². The number of hydrogen-bond acceptors (Lipinski definition) is 5. The van der Waals surface area contributed by atoms with Gasteiger partial charge >= 0.3 is 12.1 Å². The van der Waals surface area contributed by atoms with E-state index in [0.29, 0.717) is 25.2 Å². The maximum Gasteiger partial charge on any atom is 0.410 e. The smallest absolute Gasteiger partial charge is 0.410 e. The summed E-state index contributed by atoms with van der Waals surface area (Å²) in [5.41, 5.74) is 0.638. The maximum absolute atomic E-state index is 12.7. The first-order chi connectivity index (χ1) is 12.1. The van der Waals surface area contributed by atoms with Crippen LogP contribution in [-0.2, 0) is 20.8 Å². The highest BCUT2D eigenvalue weighted by Crippen LogP contribution is 2.22. The average molecular weight is 364 g/mol. The second-order valence-corrected chi connectivity index (χ2v) is 7.54. The van der Waals surface area contributed by atoms with Gasteiger partial charge in [-0.05, 0) is 53.2 Å². The third kappa shape index (κ3) is 4.86. The van der Waals surface area contributed by atoms with Crippen LogP contribution in [0.2, 0.25) is 0 Å². The Morgan fingerprint density at radius 3 is 2.54 bits per heavy atom. The first kappa shape index (κ1) is 20.0. The summed E-state index contributed by atoms with van der Waals surface area (Å²) in [5, 5.41) is 0. The van der Waals surface area contributed by atoms with Crippen LogP contribution in [0.4, 0.5) is 4.79 Å². The zero-order valence-electron chi connectivity index (χ0n) is 16.2. The molecule has 0 N–H and O–H groups in total. The lowest BCUT2D eigenvalue weighted by Gasteiger charge is -2.24. The van der Waals surface area contributed by atoms with Crippen molar-refractivity contribution in [1.29, 1.82) is 0 Å². The van der Waals surface area contributed by atoms with Gasteiger partial charge in [-0.25, -0.2) is 9.59 Å². The molecule has 26 heavy (non-hydrogen) atoms. The summed E-state index contributed by atoms with van der Waals surface area (Å²) in [6.45, 7) is 10.3. The van der Waals surface area contributed by atoms with E-state index in [0.717, 1.165) is 5.69 Å². The number of ether oxygens (including phenoxy) is 2.